The molecule has 66 valence electrons. The summed E-state index contributed by atoms with van der Waals surface area (Å²) in [5.41, 5.74) is 1.11. The Balaban J connectivity index is 2.24. The van der Waals surface area contributed by atoms with E-state index in [1.54, 1.807) is 0 Å². The summed E-state index contributed by atoms with van der Waals surface area (Å²) in [5, 5.41) is 0. The van der Waals surface area contributed by atoms with E-state index in [2.05, 4.69) is 13.5 Å². The van der Waals surface area contributed by atoms with Gasteiger partial charge >= 0.3 is 5.97 Å². The average molecular weight is 166 g/mol. The van der Waals surface area contributed by atoms with Crippen molar-refractivity contribution in [2.24, 2.45) is 17.8 Å². The number of rotatable bonds is 0. The summed E-state index contributed by atoms with van der Waals surface area (Å²) in [4.78, 5) is 11.4. The standard InChI is InChI=1S/C10H14O2/c1-6-3-4-8-7(2)5-12-10(11)9(6)8/h6,8-9H,2-5H2,1H3/t6-,8?,9?/m0/s1. The van der Waals surface area contributed by atoms with Crippen molar-refractivity contribution in [2.45, 2.75) is 19.8 Å². The zero-order chi connectivity index (χ0) is 8.72. The summed E-state index contributed by atoms with van der Waals surface area (Å²) in [7, 11) is 0. The third-order valence-electron chi connectivity index (χ3n) is 3.18. The predicted molar refractivity (Wildman–Crippen MR) is 45.5 cm³/mol. The van der Waals surface area contributed by atoms with Gasteiger partial charge in [-0.05, 0) is 30.3 Å². The van der Waals surface area contributed by atoms with Gasteiger partial charge in [-0.2, -0.15) is 0 Å². The van der Waals surface area contributed by atoms with Crippen LogP contribution in [0.5, 0.6) is 0 Å². The van der Waals surface area contributed by atoms with Gasteiger partial charge in [0.15, 0.2) is 0 Å². The van der Waals surface area contributed by atoms with E-state index >= 15 is 0 Å². The van der Waals surface area contributed by atoms with E-state index in [1.165, 1.54) is 0 Å². The highest BCUT2D eigenvalue weighted by Crippen LogP contribution is 2.43. The molecule has 1 aliphatic heterocycles. The van der Waals surface area contributed by atoms with Gasteiger partial charge in [0.05, 0.1) is 5.92 Å². The van der Waals surface area contributed by atoms with Crippen LogP contribution in [0.4, 0.5) is 0 Å². The minimum atomic E-state index is -0.00241. The van der Waals surface area contributed by atoms with Crippen LogP contribution in [-0.2, 0) is 9.53 Å². The maximum atomic E-state index is 11.4. The molecule has 0 aromatic rings. The molecule has 2 nitrogen and oxygen atoms in total. The molecule has 0 bridgehead atoms. The molecular weight excluding hydrogens is 152 g/mol. The molecule has 0 amide bonds. The van der Waals surface area contributed by atoms with Crippen molar-refractivity contribution in [1.82, 2.24) is 0 Å². The Morgan fingerprint density at radius 1 is 1.50 bits per heavy atom. The third kappa shape index (κ3) is 0.977. The monoisotopic (exact) mass is 166 g/mol. The van der Waals surface area contributed by atoms with Crippen LogP contribution in [0.15, 0.2) is 12.2 Å². The Bertz CT molecular complexity index is 232. The van der Waals surface area contributed by atoms with E-state index in [1.807, 2.05) is 0 Å². The molecule has 1 aliphatic carbocycles. The molecule has 2 fully saturated rings. The van der Waals surface area contributed by atoms with Crippen LogP contribution in [0.1, 0.15) is 19.8 Å². The molecule has 1 heterocycles. The smallest absolute Gasteiger partial charge is 0.310 e. The van der Waals surface area contributed by atoms with Crippen LogP contribution in [0.3, 0.4) is 0 Å². The van der Waals surface area contributed by atoms with E-state index in [0.29, 0.717) is 18.4 Å². The normalized spacial score (nSPS) is 40.9. The van der Waals surface area contributed by atoms with E-state index in [4.69, 9.17) is 4.74 Å². The fraction of sp³-hybridized carbons (Fsp3) is 0.700. The summed E-state index contributed by atoms with van der Waals surface area (Å²) in [6.45, 7) is 6.53. The topological polar surface area (TPSA) is 26.3 Å². The summed E-state index contributed by atoms with van der Waals surface area (Å²) in [5.74, 6) is 1.02. The zero-order valence-corrected chi connectivity index (χ0v) is 7.38. The van der Waals surface area contributed by atoms with Gasteiger partial charge < -0.3 is 4.74 Å². The third-order valence-corrected chi connectivity index (χ3v) is 3.18. The van der Waals surface area contributed by atoms with Crippen LogP contribution in [0.2, 0.25) is 0 Å². The summed E-state index contributed by atoms with van der Waals surface area (Å²) >= 11 is 0. The lowest BCUT2D eigenvalue weighted by molar-refractivity contribution is -0.153. The minimum absolute atomic E-state index is 0.00241. The molecular formula is C10H14O2. The summed E-state index contributed by atoms with van der Waals surface area (Å²) in [6.07, 6.45) is 2.27. The second-order valence-corrected chi connectivity index (χ2v) is 3.95. The first-order chi connectivity index (χ1) is 5.70. The molecule has 2 rings (SSSR count). The van der Waals surface area contributed by atoms with Crippen molar-refractivity contribution in [3.05, 3.63) is 12.2 Å². The van der Waals surface area contributed by atoms with Gasteiger partial charge in [-0.3, -0.25) is 4.79 Å². The molecule has 2 unspecified atom stereocenters. The largest absolute Gasteiger partial charge is 0.461 e. The number of ether oxygens (including phenoxy) is 1. The SMILES string of the molecule is C=C1COC(=O)C2C1CC[C@@H]2C. The van der Waals surface area contributed by atoms with Crippen LogP contribution in [0, 0.1) is 17.8 Å². The highest BCUT2D eigenvalue weighted by atomic mass is 16.5. The van der Waals surface area contributed by atoms with E-state index < -0.39 is 0 Å². The molecule has 3 atom stereocenters. The highest BCUT2D eigenvalue weighted by molar-refractivity contribution is 5.75. The Labute approximate surface area is 72.6 Å². The van der Waals surface area contributed by atoms with Gasteiger partial charge in [0.25, 0.3) is 0 Å². The van der Waals surface area contributed by atoms with Crippen molar-refractivity contribution < 1.29 is 9.53 Å². The molecule has 0 aromatic heterocycles. The first-order valence-electron chi connectivity index (χ1n) is 4.54. The second kappa shape index (κ2) is 2.61. The van der Waals surface area contributed by atoms with Crippen molar-refractivity contribution in [3.63, 3.8) is 0 Å². The Kier molecular flexibility index (Phi) is 1.71. The summed E-state index contributed by atoms with van der Waals surface area (Å²) < 4.78 is 5.04. The van der Waals surface area contributed by atoms with Gasteiger partial charge in [0, 0.05) is 0 Å². The Morgan fingerprint density at radius 2 is 2.25 bits per heavy atom. The van der Waals surface area contributed by atoms with Crippen LogP contribution in [-0.4, -0.2) is 12.6 Å². The molecule has 0 radical (unpaired) electrons. The molecule has 0 spiro atoms. The van der Waals surface area contributed by atoms with Gasteiger partial charge in [-0.25, -0.2) is 0 Å². The second-order valence-electron chi connectivity index (χ2n) is 3.95. The number of fused-ring (bicyclic) bond motifs is 1. The number of carbonyl (C=O) groups excluding carboxylic acids is 1. The van der Waals surface area contributed by atoms with Gasteiger partial charge in [-0.1, -0.05) is 13.5 Å². The van der Waals surface area contributed by atoms with E-state index in [0.717, 1.165) is 18.4 Å². The minimum Gasteiger partial charge on any atom is -0.461 e. The predicted octanol–water partition coefficient (Wildman–Crippen LogP) is 1.76. The van der Waals surface area contributed by atoms with Crippen LogP contribution < -0.4 is 0 Å². The van der Waals surface area contributed by atoms with Gasteiger partial charge in [-0.15, -0.1) is 0 Å². The lowest BCUT2D eigenvalue weighted by atomic mass is 9.84. The number of hydrogen-bond donors (Lipinski definition) is 0. The Hall–Kier alpha value is -0.790. The Morgan fingerprint density at radius 3 is 2.92 bits per heavy atom. The highest BCUT2D eigenvalue weighted by Gasteiger charge is 2.43. The zero-order valence-electron chi connectivity index (χ0n) is 7.38. The molecule has 12 heavy (non-hydrogen) atoms. The number of hydrogen-bond acceptors (Lipinski definition) is 2. The van der Waals surface area contributed by atoms with Gasteiger partial charge in [0.2, 0.25) is 0 Å². The maximum absolute atomic E-state index is 11.4. The van der Waals surface area contributed by atoms with E-state index in [-0.39, 0.29) is 11.9 Å². The molecule has 1 saturated carbocycles. The number of esters is 1. The molecule has 0 aromatic carbocycles. The lowest BCUT2D eigenvalue weighted by Gasteiger charge is -2.28. The number of carbonyl (C=O) groups is 1. The first-order valence-corrected chi connectivity index (χ1v) is 4.54. The maximum Gasteiger partial charge on any atom is 0.310 e. The van der Waals surface area contributed by atoms with E-state index in [9.17, 15) is 4.79 Å². The lowest BCUT2D eigenvalue weighted by Crippen LogP contribution is -2.33. The molecule has 2 aliphatic rings. The molecule has 0 N–H and O–H groups in total. The van der Waals surface area contributed by atoms with Crippen molar-refractivity contribution >= 4 is 5.97 Å². The van der Waals surface area contributed by atoms with Crippen LogP contribution in [0.25, 0.3) is 0 Å². The molecule has 2 heteroatoms. The van der Waals surface area contributed by atoms with Gasteiger partial charge in [0.1, 0.15) is 6.61 Å². The number of cyclic esters (lactones) is 1. The fourth-order valence-corrected chi connectivity index (χ4v) is 2.42. The summed E-state index contributed by atoms with van der Waals surface area (Å²) in [6, 6.07) is 0. The fourth-order valence-electron chi connectivity index (χ4n) is 2.42. The van der Waals surface area contributed by atoms with Crippen molar-refractivity contribution in [3.8, 4) is 0 Å². The molecule has 1 saturated heterocycles. The van der Waals surface area contributed by atoms with Crippen LogP contribution >= 0.6 is 0 Å². The quantitative estimate of drug-likeness (QED) is 0.405. The van der Waals surface area contributed by atoms with Crippen molar-refractivity contribution in [1.29, 1.82) is 0 Å². The first kappa shape index (κ1) is 7.84. The average Bonchev–Trinajstić information content (AvgIpc) is 2.42. The van der Waals surface area contributed by atoms with Crippen molar-refractivity contribution in [2.75, 3.05) is 6.61 Å².